The number of carbonyl (C=O) groups is 2. The number of aromatic amines is 1. The number of phenols is 1. The Labute approximate surface area is 424 Å². The van der Waals surface area contributed by atoms with E-state index in [0.29, 0.717) is 39.9 Å². The monoisotopic (exact) mass is 1100 g/mol. The number of carboxylic acids is 1. The number of hydrogen-bond acceptors (Lipinski definition) is 22. The van der Waals surface area contributed by atoms with E-state index in [4.69, 9.17) is 14.3 Å². The summed E-state index contributed by atoms with van der Waals surface area (Å²) in [5.74, 6) is -2.47. The van der Waals surface area contributed by atoms with E-state index in [9.17, 15) is 58.7 Å². The number of azo groups is 3. The van der Waals surface area contributed by atoms with Crippen molar-refractivity contribution in [1.29, 1.82) is 0 Å². The van der Waals surface area contributed by atoms with Gasteiger partial charge in [-0.05, 0) is 103 Å². The number of benzene rings is 7. The van der Waals surface area contributed by atoms with Crippen molar-refractivity contribution < 1.29 is 78.1 Å². The van der Waals surface area contributed by atoms with Gasteiger partial charge in [0, 0.05) is 33.2 Å². The molecule has 1 unspecified atom stereocenters. The molecule has 1 amide bonds. The maximum Gasteiger partial charge on any atom is 0.355 e. The topological polar surface area (TPSA) is 404 Å². The van der Waals surface area contributed by atoms with Gasteiger partial charge in [0.1, 0.15) is 27.8 Å². The Kier molecular flexibility index (Phi) is 13.8. The lowest BCUT2D eigenvalue weighted by atomic mass is 10.1. The van der Waals surface area contributed by atoms with Crippen molar-refractivity contribution in [3.8, 4) is 22.9 Å². The predicted octanol–water partition coefficient (Wildman–Crippen LogP) is 9.19. The van der Waals surface area contributed by atoms with Crippen LogP contribution in [-0.4, -0.2) is 95.1 Å². The highest BCUT2D eigenvalue weighted by Gasteiger charge is 2.41. The summed E-state index contributed by atoms with van der Waals surface area (Å²) in [6.45, 7) is 0. The van der Waals surface area contributed by atoms with E-state index >= 15 is 0 Å². The molecule has 7 aromatic carbocycles. The molecule has 8 aromatic rings. The molecule has 2 heterocycles. The minimum atomic E-state index is -4.80. The number of fused-ring (bicyclic) bond motifs is 4. The molecule has 0 aliphatic carbocycles. The van der Waals surface area contributed by atoms with Crippen LogP contribution in [0, 0.1) is 0 Å². The van der Waals surface area contributed by atoms with E-state index in [2.05, 4.69) is 50.8 Å². The first-order chi connectivity index (χ1) is 35.6. The number of nitrogens with one attached hydrogen (secondary N) is 1. The van der Waals surface area contributed by atoms with Crippen LogP contribution in [0.1, 0.15) is 0 Å². The molecule has 1 aliphatic rings. The number of hydrazone groups is 1. The number of rotatable bonds is 16. The van der Waals surface area contributed by atoms with Gasteiger partial charge in [0.15, 0.2) is 11.5 Å². The number of H-pyrrole nitrogens is 1. The lowest BCUT2D eigenvalue weighted by molar-refractivity contribution is -0.432. The highest BCUT2D eigenvalue weighted by Crippen LogP contribution is 2.47. The first-order valence-corrected chi connectivity index (χ1v) is 25.8. The van der Waals surface area contributed by atoms with E-state index in [1.54, 1.807) is 18.2 Å². The fourth-order valence-electron chi connectivity index (χ4n) is 7.46. The molecule has 1 aromatic heterocycles. The summed E-state index contributed by atoms with van der Waals surface area (Å²) in [7, 11) is -12.8. The van der Waals surface area contributed by atoms with Gasteiger partial charge in [0.2, 0.25) is 6.04 Å². The molecular weight excluding hydrogens is 1070 g/mol. The standard InChI is InChI=1S/C44H30N10O17S4/c1-69-24-8-14-33(36(18-24)75(66,67)68)50-48-31-16-17-32(29-19-26(74(63,64)65)11-12-27(29)31)49-51-38-35(72-71-70-59)20-30-28(41(38)55)13-15-34-37(30)46-42(45-34)21-2-4-22(5-3-21)47-52-39-40(44(57)58)53-54(43(39)56)23-6-9-25(10-7-23)73(60,61)62/h2-20,39,55,59H,1H3,(H,45,46)(H,57,58)(H,60,61,62)(H,63,64,65)(H,66,67,68). The molecule has 1 atom stereocenters. The van der Waals surface area contributed by atoms with E-state index in [1.807, 2.05) is 0 Å². The van der Waals surface area contributed by atoms with Gasteiger partial charge < -0.3 is 19.9 Å². The van der Waals surface area contributed by atoms with Gasteiger partial charge in [-0.3, -0.25) is 18.5 Å². The fraction of sp³-hybridized carbons (Fsp3) is 0.0455. The van der Waals surface area contributed by atoms with E-state index in [-0.39, 0.29) is 60.9 Å². The number of imidazole rings is 1. The number of aromatic hydroxyl groups is 1. The molecule has 0 saturated heterocycles. The Balaban J connectivity index is 1.02. The number of nitrogens with zero attached hydrogens (tertiary/aromatic N) is 9. The number of aliphatic carboxylic acids is 1. The van der Waals surface area contributed by atoms with E-state index < -0.39 is 74.4 Å². The Morgan fingerprint density at radius 1 is 0.707 bits per heavy atom. The van der Waals surface area contributed by atoms with Crippen molar-refractivity contribution in [3.63, 3.8) is 0 Å². The third-order valence-electron chi connectivity index (χ3n) is 11.0. The maximum absolute atomic E-state index is 13.2. The highest BCUT2D eigenvalue weighted by molar-refractivity contribution is 7.94. The van der Waals surface area contributed by atoms with Crippen molar-refractivity contribution in [2.24, 2.45) is 35.8 Å². The van der Waals surface area contributed by atoms with Crippen LogP contribution in [0.4, 0.5) is 34.1 Å². The summed E-state index contributed by atoms with van der Waals surface area (Å²) in [4.78, 5) is 31.5. The summed E-state index contributed by atoms with van der Waals surface area (Å²) in [6, 6.07) is 23.3. The molecule has 0 saturated carbocycles. The van der Waals surface area contributed by atoms with Crippen LogP contribution in [0.3, 0.4) is 0 Å². The molecule has 0 radical (unpaired) electrons. The molecule has 382 valence electrons. The smallest absolute Gasteiger partial charge is 0.355 e. The Bertz CT molecular complexity index is 4160. The predicted molar refractivity (Wildman–Crippen MR) is 263 cm³/mol. The first kappa shape index (κ1) is 51.4. The second-order valence-corrected chi connectivity index (χ2v) is 20.5. The number of carbonyl (C=O) groups excluding carboxylic acids is 1. The Morgan fingerprint density at radius 3 is 2.00 bits per heavy atom. The summed E-state index contributed by atoms with van der Waals surface area (Å²) in [5.41, 5.74) is 0.410. The average molecular weight is 1100 g/mol. The van der Waals surface area contributed by atoms with Gasteiger partial charge in [0.25, 0.3) is 36.3 Å². The van der Waals surface area contributed by atoms with Gasteiger partial charge >= 0.3 is 5.97 Å². The SMILES string of the molecule is COc1ccc(N=Nc2ccc(N=Nc3c(SOOO)cc4c(ccc5nc(-c6ccc(N=NC7C(=O)N(c8ccc(S(=O)(=O)O)cc8)N=C7C(=O)O)cc6)[nH]c54)c3O)c3cc(S(=O)(=O)O)ccc23)c(S(=O)(=O)O)c1. The third-order valence-corrected chi connectivity index (χ3v) is 14.2. The number of hydrogen-bond donors (Lipinski definition) is 7. The van der Waals surface area contributed by atoms with Crippen LogP contribution in [0.5, 0.6) is 11.5 Å². The number of phenolic OH excluding ortho intramolecular Hbond substituents is 1. The number of aromatic nitrogens is 2. The molecule has 1 aliphatic heterocycles. The van der Waals surface area contributed by atoms with Gasteiger partial charge in [-0.2, -0.15) is 45.6 Å². The molecule has 0 bridgehead atoms. The van der Waals surface area contributed by atoms with Crippen molar-refractivity contribution in [2.45, 2.75) is 25.6 Å². The molecule has 0 fully saturated rings. The zero-order chi connectivity index (χ0) is 53.6. The van der Waals surface area contributed by atoms with Crippen LogP contribution in [0.2, 0.25) is 0 Å². The lowest BCUT2D eigenvalue weighted by Crippen LogP contribution is -2.33. The molecule has 27 nitrogen and oxygen atoms in total. The number of ether oxygens (including phenoxy) is 1. The zero-order valence-corrected chi connectivity index (χ0v) is 40.6. The van der Waals surface area contributed by atoms with Gasteiger partial charge in [-0.1, -0.05) is 11.1 Å². The van der Waals surface area contributed by atoms with Gasteiger partial charge in [-0.15, -0.1) is 24.8 Å². The quantitative estimate of drug-likeness (QED) is 0.0156. The summed E-state index contributed by atoms with van der Waals surface area (Å²) < 4.78 is 110. The van der Waals surface area contributed by atoms with Gasteiger partial charge in [-0.25, -0.2) is 15.0 Å². The second-order valence-electron chi connectivity index (χ2n) is 15.5. The number of methoxy groups -OCH3 is 1. The molecule has 31 heteroatoms. The molecule has 75 heavy (non-hydrogen) atoms. The normalized spacial score (nSPS) is 14.6. The van der Waals surface area contributed by atoms with E-state index in [1.165, 1.54) is 61.7 Å². The molecule has 9 rings (SSSR count). The lowest BCUT2D eigenvalue weighted by Gasteiger charge is -2.12. The van der Waals surface area contributed by atoms with Crippen molar-refractivity contribution >= 4 is 127 Å². The van der Waals surface area contributed by atoms with Crippen LogP contribution in [-0.2, 0) is 49.3 Å². The van der Waals surface area contributed by atoms with Crippen LogP contribution in [0.25, 0.3) is 44.0 Å². The minimum absolute atomic E-state index is 0.00202. The minimum Gasteiger partial charge on any atom is -0.505 e. The summed E-state index contributed by atoms with van der Waals surface area (Å²) in [6.07, 6.45) is 0. The summed E-state index contributed by atoms with van der Waals surface area (Å²) >= 11 is 0.422. The van der Waals surface area contributed by atoms with Gasteiger partial charge in [0.05, 0.1) is 67.6 Å². The molecule has 7 N–H and O–H groups in total. The second kappa shape index (κ2) is 20.1. The van der Waals surface area contributed by atoms with Crippen LogP contribution >= 0.6 is 12.0 Å². The van der Waals surface area contributed by atoms with Crippen LogP contribution in [0.15, 0.2) is 171 Å². The van der Waals surface area contributed by atoms with Crippen molar-refractivity contribution in [1.82, 2.24) is 9.97 Å². The molecular formula is C44H30N10O17S4. The molecule has 0 spiro atoms. The number of carboxylic acid groups (broad SMARTS) is 1. The Hall–Kier alpha value is -8.50. The van der Waals surface area contributed by atoms with Crippen molar-refractivity contribution in [3.05, 3.63) is 115 Å². The number of amides is 1. The average Bonchev–Trinajstić information content (AvgIpc) is 3.97. The summed E-state index contributed by atoms with van der Waals surface area (Å²) in [5, 5.41) is 64.5. The zero-order valence-electron chi connectivity index (χ0n) is 37.4. The fourth-order valence-corrected chi connectivity index (χ4v) is 9.58. The third kappa shape index (κ3) is 10.5. The number of anilines is 1. The maximum atomic E-state index is 13.2. The largest absolute Gasteiger partial charge is 0.505 e. The first-order valence-electron chi connectivity index (χ1n) is 20.7. The van der Waals surface area contributed by atoms with E-state index in [0.717, 1.165) is 47.5 Å². The van der Waals surface area contributed by atoms with Crippen LogP contribution < -0.4 is 9.75 Å². The Morgan fingerprint density at radius 2 is 1.35 bits per heavy atom. The highest BCUT2D eigenvalue weighted by atomic mass is 32.2. The van der Waals surface area contributed by atoms with Crippen molar-refractivity contribution in [2.75, 3.05) is 12.1 Å².